The molecule has 0 aliphatic heterocycles. The van der Waals surface area contributed by atoms with Crippen molar-refractivity contribution in [2.24, 2.45) is 5.92 Å². The van der Waals surface area contributed by atoms with E-state index in [1.165, 1.54) is 23.0 Å². The zero-order chi connectivity index (χ0) is 24.1. The van der Waals surface area contributed by atoms with Crippen LogP contribution in [-0.4, -0.2) is 18.5 Å². The average Bonchev–Trinajstić information content (AvgIpc) is 2.70. The van der Waals surface area contributed by atoms with Gasteiger partial charge in [0.25, 0.3) is 0 Å². The van der Waals surface area contributed by atoms with Crippen LogP contribution < -0.4 is 0 Å². The Bertz CT molecular complexity index is 775. The Hall–Kier alpha value is -2.36. The van der Waals surface area contributed by atoms with Crippen molar-refractivity contribution >= 4 is 11.9 Å². The summed E-state index contributed by atoms with van der Waals surface area (Å²) < 4.78 is 10.4. The molecule has 178 valence electrons. The third-order valence-electron chi connectivity index (χ3n) is 5.31. The molecule has 0 aliphatic rings. The lowest BCUT2D eigenvalue weighted by Gasteiger charge is -2.19. The molecule has 4 heteroatoms. The van der Waals surface area contributed by atoms with Gasteiger partial charge in [0.05, 0.1) is 25.7 Å². The van der Waals surface area contributed by atoms with Crippen LogP contribution in [0.3, 0.4) is 0 Å². The molecule has 4 nitrogen and oxygen atoms in total. The van der Waals surface area contributed by atoms with Crippen molar-refractivity contribution in [1.29, 1.82) is 0 Å². The van der Waals surface area contributed by atoms with Crippen LogP contribution in [0, 0.1) is 5.92 Å². The Morgan fingerprint density at radius 1 is 0.969 bits per heavy atom. The second-order valence-electron chi connectivity index (χ2n) is 10.1. The van der Waals surface area contributed by atoms with Gasteiger partial charge >= 0.3 is 11.9 Å². The maximum absolute atomic E-state index is 11.9. The standard InChI is InChI=1S/C28H42O4/c1-21(2)9-8-10-22(3)17-18-31-26(29)15-16-27(30)32-20-23(4)19-24-11-13-25(14-12-24)28(5,6)7/h9,11-14,20,22H,8,10,15-19H2,1-7H3. The number of esters is 2. The van der Waals surface area contributed by atoms with Gasteiger partial charge in [-0.3, -0.25) is 9.59 Å². The average molecular weight is 443 g/mol. The molecular formula is C28H42O4. The molecular weight excluding hydrogens is 400 g/mol. The highest BCUT2D eigenvalue weighted by Gasteiger charge is 2.13. The molecule has 0 N–H and O–H groups in total. The van der Waals surface area contributed by atoms with E-state index in [2.05, 4.69) is 71.9 Å². The van der Waals surface area contributed by atoms with Gasteiger partial charge in [-0.1, -0.05) is 63.6 Å². The Morgan fingerprint density at radius 3 is 2.19 bits per heavy atom. The zero-order valence-corrected chi connectivity index (χ0v) is 21.1. The SMILES string of the molecule is CC(C)=CCCC(C)CCOC(=O)CCC(=O)OC=C(C)Cc1ccc(C(C)(C)C)cc1. The summed E-state index contributed by atoms with van der Waals surface area (Å²) in [7, 11) is 0. The zero-order valence-electron chi connectivity index (χ0n) is 21.1. The fourth-order valence-electron chi connectivity index (χ4n) is 3.16. The topological polar surface area (TPSA) is 52.6 Å². The third kappa shape index (κ3) is 12.5. The highest BCUT2D eigenvalue weighted by Crippen LogP contribution is 2.22. The maximum atomic E-state index is 11.9. The number of carbonyl (C=O) groups is 2. The molecule has 0 spiro atoms. The van der Waals surface area contributed by atoms with Crippen molar-refractivity contribution in [1.82, 2.24) is 0 Å². The summed E-state index contributed by atoms with van der Waals surface area (Å²) in [5, 5.41) is 0. The van der Waals surface area contributed by atoms with Gasteiger partial charge in [0.15, 0.2) is 0 Å². The van der Waals surface area contributed by atoms with Crippen LogP contribution in [0.4, 0.5) is 0 Å². The van der Waals surface area contributed by atoms with E-state index in [1.807, 2.05) is 6.92 Å². The lowest BCUT2D eigenvalue weighted by atomic mass is 9.86. The monoisotopic (exact) mass is 442 g/mol. The summed E-state index contributed by atoms with van der Waals surface area (Å²) in [6.07, 6.45) is 7.48. The number of benzene rings is 1. The van der Waals surface area contributed by atoms with Gasteiger partial charge in [-0.25, -0.2) is 0 Å². The number of carbonyl (C=O) groups excluding carboxylic acids is 2. The van der Waals surface area contributed by atoms with Crippen LogP contribution >= 0.6 is 0 Å². The van der Waals surface area contributed by atoms with Crippen molar-refractivity contribution in [3.05, 3.63) is 58.9 Å². The van der Waals surface area contributed by atoms with E-state index >= 15 is 0 Å². The van der Waals surface area contributed by atoms with Gasteiger partial charge in [0.1, 0.15) is 0 Å². The van der Waals surface area contributed by atoms with Crippen molar-refractivity contribution in [2.45, 2.75) is 92.4 Å². The molecule has 0 aromatic heterocycles. The number of hydrogen-bond donors (Lipinski definition) is 0. The Kier molecular flexibility index (Phi) is 12.0. The number of ether oxygens (including phenoxy) is 2. The first-order chi connectivity index (χ1) is 15.0. The van der Waals surface area contributed by atoms with Crippen molar-refractivity contribution < 1.29 is 19.1 Å². The molecule has 0 saturated carbocycles. The summed E-state index contributed by atoms with van der Waals surface area (Å²) in [5.74, 6) is -0.265. The van der Waals surface area contributed by atoms with Crippen LogP contribution in [-0.2, 0) is 30.9 Å². The van der Waals surface area contributed by atoms with E-state index in [-0.39, 0.29) is 24.2 Å². The van der Waals surface area contributed by atoms with Crippen LogP contribution in [0.2, 0.25) is 0 Å². The Morgan fingerprint density at radius 2 is 1.59 bits per heavy atom. The molecule has 1 aromatic carbocycles. The summed E-state index contributed by atoms with van der Waals surface area (Å²) >= 11 is 0. The third-order valence-corrected chi connectivity index (χ3v) is 5.31. The van der Waals surface area contributed by atoms with E-state index in [0.717, 1.165) is 24.8 Å². The summed E-state index contributed by atoms with van der Waals surface area (Å²) in [6.45, 7) is 15.3. The first-order valence-corrected chi connectivity index (χ1v) is 11.7. The molecule has 0 aliphatic carbocycles. The summed E-state index contributed by atoms with van der Waals surface area (Å²) in [4.78, 5) is 23.8. The second kappa shape index (κ2) is 13.9. The van der Waals surface area contributed by atoms with E-state index in [0.29, 0.717) is 18.9 Å². The molecule has 1 unspecified atom stereocenters. The van der Waals surface area contributed by atoms with Crippen LogP contribution in [0.25, 0.3) is 0 Å². The molecule has 0 radical (unpaired) electrons. The minimum Gasteiger partial charge on any atom is -0.466 e. The fraction of sp³-hybridized carbons (Fsp3) is 0.571. The number of hydrogen-bond acceptors (Lipinski definition) is 4. The van der Waals surface area contributed by atoms with Crippen LogP contribution in [0.15, 0.2) is 47.7 Å². The molecule has 0 heterocycles. The minimum absolute atomic E-state index is 0.0268. The first-order valence-electron chi connectivity index (χ1n) is 11.7. The van der Waals surface area contributed by atoms with Gasteiger partial charge in [0.2, 0.25) is 0 Å². The van der Waals surface area contributed by atoms with Gasteiger partial charge < -0.3 is 9.47 Å². The van der Waals surface area contributed by atoms with Crippen molar-refractivity contribution in [2.75, 3.05) is 6.61 Å². The van der Waals surface area contributed by atoms with Crippen molar-refractivity contribution in [3.63, 3.8) is 0 Å². The minimum atomic E-state index is -0.417. The smallest absolute Gasteiger partial charge is 0.311 e. The quantitative estimate of drug-likeness (QED) is 0.197. The maximum Gasteiger partial charge on any atom is 0.311 e. The van der Waals surface area contributed by atoms with Gasteiger partial charge in [-0.15, -0.1) is 0 Å². The molecule has 1 atom stereocenters. The molecule has 0 amide bonds. The number of rotatable bonds is 12. The van der Waals surface area contributed by atoms with E-state index < -0.39 is 5.97 Å². The van der Waals surface area contributed by atoms with E-state index in [4.69, 9.17) is 9.47 Å². The largest absolute Gasteiger partial charge is 0.466 e. The summed E-state index contributed by atoms with van der Waals surface area (Å²) in [6, 6.07) is 8.50. The molecule has 0 bridgehead atoms. The molecule has 1 aromatic rings. The Balaban J connectivity index is 2.27. The lowest BCUT2D eigenvalue weighted by Crippen LogP contribution is -2.11. The van der Waals surface area contributed by atoms with Crippen LogP contribution in [0.5, 0.6) is 0 Å². The Labute approximate surface area is 195 Å². The van der Waals surface area contributed by atoms with Crippen LogP contribution in [0.1, 0.15) is 91.7 Å². The predicted octanol–water partition coefficient (Wildman–Crippen LogP) is 7.07. The number of allylic oxidation sites excluding steroid dienone is 3. The second-order valence-corrected chi connectivity index (χ2v) is 10.1. The molecule has 0 fully saturated rings. The molecule has 1 rings (SSSR count). The highest BCUT2D eigenvalue weighted by atomic mass is 16.5. The predicted molar refractivity (Wildman–Crippen MR) is 131 cm³/mol. The normalized spacial score (nSPS) is 12.8. The molecule has 0 saturated heterocycles. The fourth-order valence-corrected chi connectivity index (χ4v) is 3.16. The van der Waals surface area contributed by atoms with Gasteiger partial charge in [-0.2, -0.15) is 0 Å². The van der Waals surface area contributed by atoms with E-state index in [9.17, 15) is 9.59 Å². The van der Waals surface area contributed by atoms with Gasteiger partial charge in [0, 0.05) is 0 Å². The summed E-state index contributed by atoms with van der Waals surface area (Å²) in [5.41, 5.74) is 4.87. The van der Waals surface area contributed by atoms with Gasteiger partial charge in [-0.05, 0) is 74.5 Å². The van der Waals surface area contributed by atoms with Crippen molar-refractivity contribution in [3.8, 4) is 0 Å². The van der Waals surface area contributed by atoms with E-state index in [1.54, 1.807) is 0 Å². The first kappa shape index (κ1) is 27.7. The molecule has 32 heavy (non-hydrogen) atoms. The lowest BCUT2D eigenvalue weighted by molar-refractivity contribution is -0.148. The highest BCUT2D eigenvalue weighted by molar-refractivity contribution is 5.77.